The van der Waals surface area contributed by atoms with Crippen molar-refractivity contribution in [2.45, 2.75) is 26.3 Å². The molecular weight excluding hydrogens is 328 g/mol. The number of hydrogen-bond acceptors (Lipinski definition) is 5. The monoisotopic (exact) mass is 350 g/mol. The number of hydrogen-bond donors (Lipinski definition) is 0. The number of piperidine rings is 1. The van der Waals surface area contributed by atoms with E-state index in [0.717, 1.165) is 18.4 Å². The van der Waals surface area contributed by atoms with Gasteiger partial charge in [0.15, 0.2) is 0 Å². The van der Waals surface area contributed by atoms with Gasteiger partial charge >= 0.3 is 0 Å². The Labute approximate surface area is 142 Å². The lowest BCUT2D eigenvalue weighted by Gasteiger charge is -2.32. The molecular formula is C16H22N4O3S. The van der Waals surface area contributed by atoms with Gasteiger partial charge in [0.05, 0.1) is 6.54 Å². The fourth-order valence-corrected chi connectivity index (χ4v) is 4.31. The molecule has 24 heavy (non-hydrogen) atoms. The average molecular weight is 350 g/mol. The second-order valence-electron chi connectivity index (χ2n) is 6.24. The third-order valence-electron chi connectivity index (χ3n) is 4.19. The molecule has 0 spiro atoms. The maximum absolute atomic E-state index is 12.7. The molecule has 1 aromatic carbocycles. The molecule has 0 aliphatic carbocycles. The van der Waals surface area contributed by atoms with Gasteiger partial charge in [-0.3, -0.25) is 0 Å². The third kappa shape index (κ3) is 3.66. The van der Waals surface area contributed by atoms with E-state index in [9.17, 15) is 8.42 Å². The second-order valence-corrected chi connectivity index (χ2v) is 8.27. The first-order chi connectivity index (χ1) is 11.5. The molecule has 3 rings (SSSR count). The highest BCUT2D eigenvalue weighted by molar-refractivity contribution is 7.86. The van der Waals surface area contributed by atoms with Gasteiger partial charge in [-0.2, -0.15) is 17.0 Å². The molecule has 0 unspecified atom stereocenters. The SMILES string of the molecule is C[C@@H]1CCCN(S(=O)(=O)N(C)Cc2nnc(-c3ccccc3)o2)C1. The molecule has 1 saturated heterocycles. The van der Waals surface area contributed by atoms with Crippen LogP contribution in [-0.2, 0) is 16.8 Å². The van der Waals surface area contributed by atoms with Crippen molar-refractivity contribution in [2.75, 3.05) is 20.1 Å². The molecule has 0 amide bonds. The van der Waals surface area contributed by atoms with Crippen molar-refractivity contribution in [1.29, 1.82) is 0 Å². The Balaban J connectivity index is 1.70. The highest BCUT2D eigenvalue weighted by Gasteiger charge is 2.31. The molecule has 1 aliphatic rings. The topological polar surface area (TPSA) is 79.5 Å². The summed E-state index contributed by atoms with van der Waals surface area (Å²) in [7, 11) is -1.97. The van der Waals surface area contributed by atoms with E-state index in [1.807, 2.05) is 30.3 Å². The zero-order valence-electron chi connectivity index (χ0n) is 13.9. The minimum Gasteiger partial charge on any atom is -0.419 e. The van der Waals surface area contributed by atoms with Gasteiger partial charge in [0, 0.05) is 25.7 Å². The Kier molecular flexibility index (Phi) is 4.98. The first-order valence-electron chi connectivity index (χ1n) is 8.06. The van der Waals surface area contributed by atoms with Crippen LogP contribution in [0.15, 0.2) is 34.7 Å². The van der Waals surface area contributed by atoms with Gasteiger partial charge in [-0.05, 0) is 30.9 Å². The Morgan fingerprint density at radius 2 is 2.04 bits per heavy atom. The van der Waals surface area contributed by atoms with Gasteiger partial charge < -0.3 is 4.42 Å². The van der Waals surface area contributed by atoms with Crippen LogP contribution in [0.5, 0.6) is 0 Å². The predicted molar refractivity (Wildman–Crippen MR) is 90.1 cm³/mol. The highest BCUT2D eigenvalue weighted by atomic mass is 32.2. The van der Waals surface area contributed by atoms with Crippen LogP contribution in [0.3, 0.4) is 0 Å². The number of rotatable bonds is 5. The lowest BCUT2D eigenvalue weighted by molar-refractivity contribution is 0.259. The van der Waals surface area contributed by atoms with Crippen molar-refractivity contribution in [3.05, 3.63) is 36.2 Å². The van der Waals surface area contributed by atoms with Gasteiger partial charge in [-0.1, -0.05) is 25.1 Å². The smallest absolute Gasteiger partial charge is 0.282 e. The molecule has 7 nitrogen and oxygen atoms in total. The van der Waals surface area contributed by atoms with Crippen molar-refractivity contribution in [2.24, 2.45) is 5.92 Å². The van der Waals surface area contributed by atoms with Crippen LogP contribution in [0.25, 0.3) is 11.5 Å². The lowest BCUT2D eigenvalue weighted by Crippen LogP contribution is -2.46. The molecule has 0 N–H and O–H groups in total. The zero-order chi connectivity index (χ0) is 17.2. The van der Waals surface area contributed by atoms with Crippen LogP contribution in [0.2, 0.25) is 0 Å². The van der Waals surface area contributed by atoms with Gasteiger partial charge in [0.25, 0.3) is 10.2 Å². The van der Waals surface area contributed by atoms with Gasteiger partial charge in [0.2, 0.25) is 11.8 Å². The summed E-state index contributed by atoms with van der Waals surface area (Å²) in [6.45, 7) is 3.26. The molecule has 8 heteroatoms. The van der Waals surface area contributed by atoms with Crippen molar-refractivity contribution < 1.29 is 12.8 Å². The van der Waals surface area contributed by atoms with Crippen LogP contribution < -0.4 is 0 Å². The average Bonchev–Trinajstić information content (AvgIpc) is 3.04. The molecule has 0 radical (unpaired) electrons. The fraction of sp³-hybridized carbons (Fsp3) is 0.500. The maximum atomic E-state index is 12.7. The first-order valence-corrected chi connectivity index (χ1v) is 9.45. The van der Waals surface area contributed by atoms with E-state index in [-0.39, 0.29) is 12.4 Å². The zero-order valence-corrected chi connectivity index (χ0v) is 14.7. The van der Waals surface area contributed by atoms with Crippen molar-refractivity contribution >= 4 is 10.2 Å². The minimum atomic E-state index is -3.51. The lowest BCUT2D eigenvalue weighted by atomic mass is 10.0. The second kappa shape index (κ2) is 7.00. The summed E-state index contributed by atoms with van der Waals surface area (Å²) in [6.07, 6.45) is 1.97. The van der Waals surface area contributed by atoms with E-state index in [0.29, 0.717) is 24.9 Å². The normalized spacial score (nSPS) is 19.7. The molecule has 130 valence electrons. The van der Waals surface area contributed by atoms with Gasteiger partial charge in [-0.15, -0.1) is 10.2 Å². The van der Waals surface area contributed by atoms with E-state index in [2.05, 4.69) is 17.1 Å². The quantitative estimate of drug-likeness (QED) is 0.825. The summed E-state index contributed by atoms with van der Waals surface area (Å²) in [5.41, 5.74) is 0.812. The molecule has 1 aromatic heterocycles. The van der Waals surface area contributed by atoms with Crippen LogP contribution in [0, 0.1) is 5.92 Å². The summed E-state index contributed by atoms with van der Waals surface area (Å²) < 4.78 is 33.8. The van der Waals surface area contributed by atoms with E-state index in [1.165, 1.54) is 8.61 Å². The van der Waals surface area contributed by atoms with Crippen LogP contribution >= 0.6 is 0 Å². The number of nitrogens with zero attached hydrogens (tertiary/aromatic N) is 4. The highest BCUT2D eigenvalue weighted by Crippen LogP contribution is 2.22. The van der Waals surface area contributed by atoms with Crippen molar-refractivity contribution in [3.63, 3.8) is 0 Å². The van der Waals surface area contributed by atoms with Gasteiger partial charge in [0.1, 0.15) is 0 Å². The number of aromatic nitrogens is 2. The molecule has 1 aliphatic heterocycles. The van der Waals surface area contributed by atoms with E-state index < -0.39 is 10.2 Å². The van der Waals surface area contributed by atoms with Crippen LogP contribution in [0.4, 0.5) is 0 Å². The summed E-state index contributed by atoms with van der Waals surface area (Å²) in [5.74, 6) is 1.06. The number of benzene rings is 1. The first kappa shape index (κ1) is 17.1. The molecule has 2 heterocycles. The third-order valence-corrected chi connectivity index (χ3v) is 6.09. The molecule has 1 fully saturated rings. The Hall–Kier alpha value is -1.77. The van der Waals surface area contributed by atoms with Crippen LogP contribution in [-0.4, -0.2) is 47.4 Å². The Bertz CT molecular complexity index is 776. The van der Waals surface area contributed by atoms with Crippen molar-refractivity contribution in [1.82, 2.24) is 18.8 Å². The van der Waals surface area contributed by atoms with E-state index >= 15 is 0 Å². The van der Waals surface area contributed by atoms with Crippen molar-refractivity contribution in [3.8, 4) is 11.5 Å². The minimum absolute atomic E-state index is 0.0625. The molecule has 2 aromatic rings. The van der Waals surface area contributed by atoms with Crippen LogP contribution in [0.1, 0.15) is 25.7 Å². The molecule has 0 saturated carbocycles. The summed E-state index contributed by atoms with van der Waals surface area (Å²) in [6, 6.07) is 9.40. The summed E-state index contributed by atoms with van der Waals surface area (Å²) in [5, 5.41) is 7.96. The Morgan fingerprint density at radius 3 is 2.75 bits per heavy atom. The molecule has 0 bridgehead atoms. The molecule has 1 atom stereocenters. The summed E-state index contributed by atoms with van der Waals surface area (Å²) >= 11 is 0. The Morgan fingerprint density at radius 1 is 1.29 bits per heavy atom. The maximum Gasteiger partial charge on any atom is 0.282 e. The predicted octanol–water partition coefficient (Wildman–Crippen LogP) is 2.15. The largest absolute Gasteiger partial charge is 0.419 e. The fourth-order valence-electron chi connectivity index (χ4n) is 2.84. The standard InChI is InChI=1S/C16H22N4O3S/c1-13-7-6-10-20(11-13)24(21,22)19(2)12-15-17-18-16(23-15)14-8-4-3-5-9-14/h3-5,8-9,13H,6-7,10-12H2,1-2H3/t13-/m1/s1. The van der Waals surface area contributed by atoms with E-state index in [1.54, 1.807) is 7.05 Å². The van der Waals surface area contributed by atoms with E-state index in [4.69, 9.17) is 4.42 Å². The van der Waals surface area contributed by atoms with Gasteiger partial charge in [-0.25, -0.2) is 0 Å². The summed E-state index contributed by atoms with van der Waals surface area (Å²) in [4.78, 5) is 0.